The lowest BCUT2D eigenvalue weighted by Gasteiger charge is -2.08. The molecular formula is C18H18ClN3O2S. The number of nitrogens with one attached hydrogen (secondary N) is 2. The number of amides is 2. The number of aryl methyl sites for hydroxylation is 1. The monoisotopic (exact) mass is 375 g/mol. The van der Waals surface area contributed by atoms with Gasteiger partial charge in [0.05, 0.1) is 16.8 Å². The van der Waals surface area contributed by atoms with Crippen LogP contribution in [0, 0.1) is 0 Å². The molecule has 0 aliphatic heterocycles. The van der Waals surface area contributed by atoms with E-state index in [9.17, 15) is 9.59 Å². The summed E-state index contributed by atoms with van der Waals surface area (Å²) >= 11 is 7.42. The minimum Gasteiger partial charge on any atom is -0.354 e. The summed E-state index contributed by atoms with van der Waals surface area (Å²) in [6.07, 6.45) is 0.713. The Kier molecular flexibility index (Phi) is 5.40. The number of benzene rings is 1. The Morgan fingerprint density at radius 2 is 1.92 bits per heavy atom. The fraction of sp³-hybridized carbons (Fsp3) is 0.222. The highest BCUT2D eigenvalue weighted by Gasteiger charge is 2.14. The lowest BCUT2D eigenvalue weighted by molar-refractivity contribution is -0.120. The first-order valence-electron chi connectivity index (χ1n) is 7.87. The maximum Gasteiger partial charge on any atom is 0.268 e. The Labute approximate surface area is 154 Å². The van der Waals surface area contributed by atoms with Gasteiger partial charge in [0.1, 0.15) is 5.69 Å². The lowest BCUT2D eigenvalue weighted by Crippen LogP contribution is -2.38. The van der Waals surface area contributed by atoms with Crippen LogP contribution in [0.1, 0.15) is 16.1 Å². The summed E-state index contributed by atoms with van der Waals surface area (Å²) in [5, 5.41) is 8.14. The predicted octanol–water partition coefficient (Wildman–Crippen LogP) is 2.98. The highest BCUT2D eigenvalue weighted by atomic mass is 35.5. The number of thiophene rings is 1. The van der Waals surface area contributed by atoms with Gasteiger partial charge in [-0.1, -0.05) is 23.7 Å². The largest absolute Gasteiger partial charge is 0.354 e. The van der Waals surface area contributed by atoms with Crippen LogP contribution >= 0.6 is 22.9 Å². The quantitative estimate of drug-likeness (QED) is 0.695. The minimum atomic E-state index is -0.251. The zero-order valence-corrected chi connectivity index (χ0v) is 15.3. The standard InChI is InChI=1S/C18H18ClN3O2S/c1-22-14-7-9-25-16(14)10-15(22)18(24)21-11-17(23)20-8-6-12-2-4-13(19)5-3-12/h2-5,7,9-10H,6,8,11H2,1H3,(H,20,23)(H,21,24). The van der Waals surface area contributed by atoms with E-state index in [1.165, 1.54) is 0 Å². The fourth-order valence-corrected chi connectivity index (χ4v) is 3.55. The first-order chi connectivity index (χ1) is 12.0. The van der Waals surface area contributed by atoms with Gasteiger partial charge in [-0.15, -0.1) is 11.3 Å². The van der Waals surface area contributed by atoms with Crippen molar-refractivity contribution in [2.45, 2.75) is 6.42 Å². The van der Waals surface area contributed by atoms with Crippen LogP contribution in [0.15, 0.2) is 41.8 Å². The second kappa shape index (κ2) is 7.72. The third-order valence-electron chi connectivity index (χ3n) is 3.96. The smallest absolute Gasteiger partial charge is 0.268 e. The van der Waals surface area contributed by atoms with Gasteiger partial charge in [0.2, 0.25) is 5.91 Å². The van der Waals surface area contributed by atoms with Crippen LogP contribution in [0.4, 0.5) is 0 Å². The fourth-order valence-electron chi connectivity index (χ4n) is 2.58. The van der Waals surface area contributed by atoms with Crippen LogP contribution in [0.2, 0.25) is 5.02 Å². The van der Waals surface area contributed by atoms with Crippen molar-refractivity contribution in [1.29, 1.82) is 0 Å². The molecule has 0 aliphatic rings. The first-order valence-corrected chi connectivity index (χ1v) is 9.12. The zero-order valence-electron chi connectivity index (χ0n) is 13.7. The first kappa shape index (κ1) is 17.5. The van der Waals surface area contributed by atoms with Crippen molar-refractivity contribution >= 4 is 45.0 Å². The number of hydrogen-bond donors (Lipinski definition) is 2. The summed E-state index contributed by atoms with van der Waals surface area (Å²) in [4.78, 5) is 24.1. The van der Waals surface area contributed by atoms with Crippen LogP contribution in [0.5, 0.6) is 0 Å². The number of hydrogen-bond acceptors (Lipinski definition) is 3. The molecule has 2 aromatic heterocycles. The molecule has 0 atom stereocenters. The molecule has 2 heterocycles. The van der Waals surface area contributed by atoms with Crippen molar-refractivity contribution in [3.63, 3.8) is 0 Å². The molecule has 0 saturated carbocycles. The van der Waals surface area contributed by atoms with Crippen LogP contribution < -0.4 is 10.6 Å². The van der Waals surface area contributed by atoms with E-state index in [-0.39, 0.29) is 18.4 Å². The van der Waals surface area contributed by atoms with Crippen LogP contribution in [-0.4, -0.2) is 29.5 Å². The van der Waals surface area contributed by atoms with Gasteiger partial charge in [0.25, 0.3) is 5.91 Å². The maximum atomic E-state index is 12.2. The second-order valence-electron chi connectivity index (χ2n) is 5.67. The van der Waals surface area contributed by atoms with Crippen molar-refractivity contribution in [3.8, 4) is 0 Å². The predicted molar refractivity (Wildman–Crippen MR) is 101 cm³/mol. The van der Waals surface area contributed by atoms with Gasteiger partial charge in [-0.05, 0) is 41.6 Å². The molecule has 0 bridgehead atoms. The molecular weight excluding hydrogens is 358 g/mol. The van der Waals surface area contributed by atoms with Crippen molar-refractivity contribution < 1.29 is 9.59 Å². The van der Waals surface area contributed by atoms with Gasteiger partial charge >= 0.3 is 0 Å². The summed E-state index contributed by atoms with van der Waals surface area (Å²) in [6, 6.07) is 11.3. The molecule has 0 fully saturated rings. The van der Waals surface area contributed by atoms with E-state index in [4.69, 9.17) is 11.6 Å². The third-order valence-corrected chi connectivity index (χ3v) is 5.06. The van der Waals surface area contributed by atoms with Gasteiger partial charge in [0.15, 0.2) is 0 Å². The van der Waals surface area contributed by atoms with Crippen molar-refractivity contribution in [2.75, 3.05) is 13.1 Å². The molecule has 0 aliphatic carbocycles. The summed E-state index contributed by atoms with van der Waals surface area (Å²) in [7, 11) is 1.84. The van der Waals surface area contributed by atoms with Crippen molar-refractivity contribution in [1.82, 2.24) is 15.2 Å². The number of carbonyl (C=O) groups excluding carboxylic acids is 2. The summed E-state index contributed by atoms with van der Waals surface area (Å²) in [6.45, 7) is 0.467. The van der Waals surface area contributed by atoms with Gasteiger partial charge in [-0.25, -0.2) is 0 Å². The normalized spacial score (nSPS) is 10.8. The Balaban J connectivity index is 1.45. The Morgan fingerprint density at radius 1 is 1.16 bits per heavy atom. The summed E-state index contributed by atoms with van der Waals surface area (Å²) in [5.41, 5.74) is 2.66. The minimum absolute atomic E-state index is 0.0434. The molecule has 0 radical (unpaired) electrons. The Morgan fingerprint density at radius 3 is 2.64 bits per heavy atom. The number of aromatic nitrogens is 1. The number of carbonyl (C=O) groups is 2. The highest BCUT2D eigenvalue weighted by Crippen LogP contribution is 2.23. The number of halogens is 1. The molecule has 2 N–H and O–H groups in total. The number of nitrogens with zero attached hydrogens (tertiary/aromatic N) is 1. The van der Waals surface area contributed by atoms with Gasteiger partial charge in [0, 0.05) is 18.6 Å². The molecule has 3 rings (SSSR count). The molecule has 5 nitrogen and oxygen atoms in total. The zero-order chi connectivity index (χ0) is 17.8. The molecule has 3 aromatic rings. The molecule has 0 unspecified atom stereocenters. The lowest BCUT2D eigenvalue weighted by atomic mass is 10.1. The highest BCUT2D eigenvalue weighted by molar-refractivity contribution is 7.17. The SMILES string of the molecule is Cn1c(C(=O)NCC(=O)NCCc2ccc(Cl)cc2)cc2sccc21. The van der Waals surface area contributed by atoms with Gasteiger partial charge in [-0.3, -0.25) is 9.59 Å². The van der Waals surface area contributed by atoms with E-state index in [0.29, 0.717) is 23.7 Å². The average Bonchev–Trinajstić information content (AvgIpc) is 3.18. The van der Waals surface area contributed by atoms with E-state index in [1.54, 1.807) is 11.3 Å². The van der Waals surface area contributed by atoms with Crippen LogP contribution in [0.3, 0.4) is 0 Å². The van der Waals surface area contributed by atoms with Crippen LogP contribution in [0.25, 0.3) is 10.2 Å². The molecule has 25 heavy (non-hydrogen) atoms. The van der Waals surface area contributed by atoms with E-state index in [0.717, 1.165) is 15.8 Å². The van der Waals surface area contributed by atoms with E-state index < -0.39 is 0 Å². The Hall–Kier alpha value is -2.31. The molecule has 130 valence electrons. The van der Waals surface area contributed by atoms with E-state index >= 15 is 0 Å². The summed E-state index contributed by atoms with van der Waals surface area (Å²) < 4.78 is 2.89. The van der Waals surface area contributed by atoms with Gasteiger partial charge < -0.3 is 15.2 Å². The molecule has 0 saturated heterocycles. The number of rotatable bonds is 6. The van der Waals surface area contributed by atoms with Gasteiger partial charge in [-0.2, -0.15) is 0 Å². The Bertz CT molecular complexity index is 899. The molecule has 2 amide bonds. The summed E-state index contributed by atoms with van der Waals surface area (Å²) in [5.74, 6) is -0.461. The third kappa shape index (κ3) is 4.21. The average molecular weight is 376 g/mol. The van der Waals surface area contributed by atoms with Crippen molar-refractivity contribution in [2.24, 2.45) is 7.05 Å². The molecule has 7 heteroatoms. The maximum absolute atomic E-state index is 12.2. The van der Waals surface area contributed by atoms with Crippen molar-refractivity contribution in [3.05, 3.63) is 58.1 Å². The van der Waals surface area contributed by atoms with Crippen LogP contribution in [-0.2, 0) is 18.3 Å². The van der Waals surface area contributed by atoms with E-state index in [1.807, 2.05) is 53.4 Å². The molecule has 1 aromatic carbocycles. The van der Waals surface area contributed by atoms with E-state index in [2.05, 4.69) is 10.6 Å². The topological polar surface area (TPSA) is 63.1 Å². The second-order valence-corrected chi connectivity index (χ2v) is 7.05. The number of fused-ring (bicyclic) bond motifs is 1. The molecule has 0 spiro atoms.